The summed E-state index contributed by atoms with van der Waals surface area (Å²) in [6, 6.07) is -1.04. The SMILES string of the molecule is CC(C)(O)CNC(=O)c1nc(C(=O)N2C3CCC2CC3)c(-c2cnc(NC(C3CC3)C(F)(F)F)cc2C(F)F)s1. The van der Waals surface area contributed by atoms with E-state index in [9.17, 15) is 36.6 Å². The molecule has 3 fully saturated rings. The number of aliphatic hydroxyl groups is 1. The second kappa shape index (κ2) is 10.5. The number of nitrogens with zero attached hydrogens (tertiary/aromatic N) is 3. The minimum absolute atomic E-state index is 0.000473. The van der Waals surface area contributed by atoms with Crippen LogP contribution in [0.5, 0.6) is 0 Å². The van der Waals surface area contributed by atoms with Gasteiger partial charge in [-0.15, -0.1) is 11.3 Å². The van der Waals surface area contributed by atoms with Crippen molar-refractivity contribution in [2.24, 2.45) is 5.92 Å². The number of rotatable bonds is 9. The summed E-state index contributed by atoms with van der Waals surface area (Å²) in [5.41, 5.74) is -2.20. The van der Waals surface area contributed by atoms with E-state index in [2.05, 4.69) is 20.6 Å². The topological polar surface area (TPSA) is 107 Å². The summed E-state index contributed by atoms with van der Waals surface area (Å²) in [7, 11) is 0. The van der Waals surface area contributed by atoms with Gasteiger partial charge < -0.3 is 20.6 Å². The Labute approximate surface area is 231 Å². The molecule has 3 aliphatic rings. The van der Waals surface area contributed by atoms with Gasteiger partial charge in [-0.1, -0.05) is 0 Å². The lowest BCUT2D eigenvalue weighted by Crippen LogP contribution is -2.38. The molecule has 1 unspecified atom stereocenters. The molecule has 14 heteroatoms. The van der Waals surface area contributed by atoms with E-state index in [1.165, 1.54) is 13.8 Å². The van der Waals surface area contributed by atoms with Crippen LogP contribution in [0.25, 0.3) is 10.4 Å². The number of anilines is 1. The van der Waals surface area contributed by atoms with E-state index in [0.29, 0.717) is 12.8 Å². The van der Waals surface area contributed by atoms with Gasteiger partial charge in [0.15, 0.2) is 5.01 Å². The fraction of sp³-hybridized carbons (Fsp3) is 0.615. The largest absolute Gasteiger partial charge is 0.408 e. The number of pyridine rings is 1. The fourth-order valence-corrected chi connectivity index (χ4v) is 6.46. The van der Waals surface area contributed by atoms with Crippen LogP contribution >= 0.6 is 11.3 Å². The van der Waals surface area contributed by atoms with Gasteiger partial charge in [0.1, 0.15) is 17.6 Å². The number of hydrogen-bond acceptors (Lipinski definition) is 7. The monoisotopic (exact) mass is 587 g/mol. The molecule has 2 bridgehead atoms. The van der Waals surface area contributed by atoms with E-state index >= 15 is 0 Å². The van der Waals surface area contributed by atoms with Crippen molar-refractivity contribution in [2.75, 3.05) is 11.9 Å². The number of amides is 2. The Balaban J connectivity index is 1.53. The second-order valence-corrected chi connectivity index (χ2v) is 12.3. The standard InChI is InChI=1S/C26H30F5N5O3S/c1-25(2,39)11-33-22(37)23-35-18(24(38)36-13-5-6-14(36)8-7-13)19(40-23)16-10-32-17(9-15(16)21(27)28)34-20(12-3-4-12)26(29,30)31/h9-10,12-14,20-21,39H,3-8,11H2,1-2H3,(H,32,34)(H,33,37). The van der Waals surface area contributed by atoms with Crippen LogP contribution in [0.15, 0.2) is 12.3 Å². The molecule has 218 valence electrons. The first-order valence-electron chi connectivity index (χ1n) is 13.2. The molecule has 2 amide bonds. The number of thiazole rings is 1. The summed E-state index contributed by atoms with van der Waals surface area (Å²) in [4.78, 5) is 36.5. The van der Waals surface area contributed by atoms with Crippen molar-refractivity contribution in [1.29, 1.82) is 0 Å². The minimum atomic E-state index is -4.58. The summed E-state index contributed by atoms with van der Waals surface area (Å²) in [6.07, 6.45) is -2.65. The van der Waals surface area contributed by atoms with Gasteiger partial charge in [0.2, 0.25) is 0 Å². The van der Waals surface area contributed by atoms with Crippen LogP contribution in [0.3, 0.4) is 0 Å². The second-order valence-electron chi connectivity index (χ2n) is 11.3. The predicted molar refractivity (Wildman–Crippen MR) is 137 cm³/mol. The summed E-state index contributed by atoms with van der Waals surface area (Å²) >= 11 is 0.726. The quantitative estimate of drug-likeness (QED) is 0.350. The van der Waals surface area contributed by atoms with Gasteiger partial charge in [-0.25, -0.2) is 18.7 Å². The molecule has 0 aromatic carbocycles. The average Bonchev–Trinajstić information content (AvgIpc) is 3.30. The van der Waals surface area contributed by atoms with Crippen LogP contribution in [0.1, 0.15) is 84.7 Å². The smallest absolute Gasteiger partial charge is 0.389 e. The maximum atomic E-state index is 14.3. The number of halogens is 5. The normalized spacial score (nSPS) is 21.7. The highest BCUT2D eigenvalue weighted by Gasteiger charge is 2.49. The number of aromatic nitrogens is 2. The number of fused-ring (bicyclic) bond motifs is 2. The molecule has 2 aromatic heterocycles. The van der Waals surface area contributed by atoms with Crippen LogP contribution in [-0.4, -0.2) is 68.2 Å². The first-order valence-corrected chi connectivity index (χ1v) is 14.0. The zero-order valence-electron chi connectivity index (χ0n) is 21.9. The molecule has 8 nitrogen and oxygen atoms in total. The van der Waals surface area contributed by atoms with Gasteiger partial charge in [-0.3, -0.25) is 9.59 Å². The van der Waals surface area contributed by atoms with Crippen molar-refractivity contribution in [3.8, 4) is 10.4 Å². The van der Waals surface area contributed by atoms with Crippen LogP contribution in [0, 0.1) is 5.92 Å². The molecular weight excluding hydrogens is 557 g/mol. The summed E-state index contributed by atoms with van der Waals surface area (Å²) in [6.45, 7) is 2.86. The third-order valence-corrected chi connectivity index (χ3v) is 8.65. The van der Waals surface area contributed by atoms with Crippen LogP contribution in [-0.2, 0) is 0 Å². The Morgan fingerprint density at radius 2 is 1.75 bits per heavy atom. The maximum absolute atomic E-state index is 14.3. The van der Waals surface area contributed by atoms with Crippen molar-refractivity contribution < 1.29 is 36.6 Å². The van der Waals surface area contributed by atoms with E-state index in [-0.39, 0.29) is 45.6 Å². The first-order chi connectivity index (χ1) is 18.7. The lowest BCUT2D eigenvalue weighted by atomic mass is 10.0. The molecule has 1 aliphatic carbocycles. The Morgan fingerprint density at radius 3 is 2.27 bits per heavy atom. The molecule has 4 heterocycles. The maximum Gasteiger partial charge on any atom is 0.408 e. The molecule has 0 spiro atoms. The Kier molecular flexibility index (Phi) is 7.53. The molecule has 2 aromatic rings. The van der Waals surface area contributed by atoms with Crippen molar-refractivity contribution in [2.45, 2.75) is 88.7 Å². The number of alkyl halides is 5. The number of carbonyl (C=O) groups is 2. The highest BCUT2D eigenvalue weighted by atomic mass is 32.1. The summed E-state index contributed by atoms with van der Waals surface area (Å²) < 4.78 is 69.2. The molecule has 5 rings (SSSR count). The van der Waals surface area contributed by atoms with Gasteiger partial charge in [-0.05, 0) is 64.4 Å². The first kappa shape index (κ1) is 28.7. The molecule has 3 N–H and O–H groups in total. The van der Waals surface area contributed by atoms with E-state index in [0.717, 1.165) is 49.3 Å². The van der Waals surface area contributed by atoms with Gasteiger partial charge >= 0.3 is 6.18 Å². The minimum Gasteiger partial charge on any atom is -0.389 e. The van der Waals surface area contributed by atoms with E-state index in [1.54, 1.807) is 4.90 Å². The Morgan fingerprint density at radius 1 is 1.12 bits per heavy atom. The van der Waals surface area contributed by atoms with Crippen molar-refractivity contribution in [3.05, 3.63) is 28.5 Å². The predicted octanol–water partition coefficient (Wildman–Crippen LogP) is 5.16. The highest BCUT2D eigenvalue weighted by Crippen LogP contribution is 2.44. The van der Waals surface area contributed by atoms with Gasteiger partial charge in [0, 0.05) is 36.0 Å². The van der Waals surface area contributed by atoms with Crippen molar-refractivity contribution in [3.63, 3.8) is 0 Å². The van der Waals surface area contributed by atoms with Crippen molar-refractivity contribution >= 4 is 29.0 Å². The highest BCUT2D eigenvalue weighted by molar-refractivity contribution is 7.17. The molecular formula is C26H30F5N5O3S. The zero-order valence-corrected chi connectivity index (χ0v) is 22.7. The van der Waals surface area contributed by atoms with Crippen LogP contribution < -0.4 is 10.6 Å². The lowest BCUT2D eigenvalue weighted by molar-refractivity contribution is -0.146. The molecule has 2 aliphatic heterocycles. The van der Waals surface area contributed by atoms with Gasteiger partial charge in [-0.2, -0.15) is 13.2 Å². The number of carbonyl (C=O) groups excluding carboxylic acids is 2. The number of hydrogen-bond donors (Lipinski definition) is 3. The lowest BCUT2D eigenvalue weighted by Gasteiger charge is -2.23. The summed E-state index contributed by atoms with van der Waals surface area (Å²) in [5, 5.41) is 14.6. The summed E-state index contributed by atoms with van der Waals surface area (Å²) in [5.74, 6) is -2.18. The third kappa shape index (κ3) is 5.92. The van der Waals surface area contributed by atoms with Crippen LogP contribution in [0.4, 0.5) is 27.8 Å². The fourth-order valence-electron chi connectivity index (χ4n) is 5.46. The molecule has 1 saturated carbocycles. The van der Waals surface area contributed by atoms with Gasteiger partial charge in [0.05, 0.1) is 10.5 Å². The molecule has 2 saturated heterocycles. The molecule has 0 radical (unpaired) electrons. The Bertz CT molecular complexity index is 1270. The van der Waals surface area contributed by atoms with Gasteiger partial charge in [0.25, 0.3) is 18.2 Å². The van der Waals surface area contributed by atoms with E-state index in [1.807, 2.05) is 0 Å². The molecule has 40 heavy (non-hydrogen) atoms. The number of nitrogens with one attached hydrogen (secondary N) is 2. The van der Waals surface area contributed by atoms with E-state index in [4.69, 9.17) is 0 Å². The average molecular weight is 588 g/mol. The third-order valence-electron chi connectivity index (χ3n) is 7.56. The Hall–Kier alpha value is -2.87. The zero-order chi connectivity index (χ0) is 29.0. The van der Waals surface area contributed by atoms with Crippen molar-refractivity contribution in [1.82, 2.24) is 20.2 Å². The van der Waals surface area contributed by atoms with E-state index < -0.39 is 47.5 Å². The molecule has 1 atom stereocenters. The van der Waals surface area contributed by atoms with Crippen LogP contribution in [0.2, 0.25) is 0 Å².